The molecule has 0 amide bonds. The second-order valence-corrected chi connectivity index (χ2v) is 10.1. The summed E-state index contributed by atoms with van der Waals surface area (Å²) < 4.78 is 5.18. The molecule has 3 N–H and O–H groups in total. The highest BCUT2D eigenvalue weighted by Gasteiger charge is 2.67. The molecular formula is C23H31NO5. The van der Waals surface area contributed by atoms with Gasteiger partial charge in [-0.25, -0.2) is 4.79 Å². The van der Waals surface area contributed by atoms with Gasteiger partial charge in [0.25, 0.3) is 0 Å². The van der Waals surface area contributed by atoms with Crippen LogP contribution < -0.4 is 0 Å². The van der Waals surface area contributed by atoms with Crippen LogP contribution in [0.1, 0.15) is 58.3 Å². The van der Waals surface area contributed by atoms with Gasteiger partial charge in [0.2, 0.25) is 0 Å². The fraction of sp³-hybridized carbons (Fsp3) is 0.739. The Balaban J connectivity index is 1.53. The Hall–Kier alpha value is -1.66. The number of cyclic esters (lactones) is 1. The predicted octanol–water partition coefficient (Wildman–Crippen LogP) is 2.96. The van der Waals surface area contributed by atoms with Crippen molar-refractivity contribution >= 4 is 12.2 Å². The Morgan fingerprint density at radius 2 is 2.00 bits per heavy atom. The lowest BCUT2D eigenvalue weighted by atomic mass is 9.44. The number of fused-ring (bicyclic) bond motifs is 5. The fourth-order valence-corrected chi connectivity index (χ4v) is 7.92. The zero-order valence-corrected chi connectivity index (χ0v) is 17.0. The number of hydrogen-bond donors (Lipinski definition) is 3. The standard InChI is InChI=1S/C23H31NO5/c1-21-7-5-18-19(3-2-15-11-16(25)4-8-22(15,18)13-24-28)23(21,27)9-6-17(21)14-10-20(26)29-12-14/h10-11,13,16-19,25,27-28H,2-9,12H2,1H3/b24-13-/t16-,17+,18-,19+,21-,22-,23+/m1/s1. The second kappa shape index (κ2) is 6.42. The van der Waals surface area contributed by atoms with Crippen molar-refractivity contribution < 1.29 is 25.0 Å². The van der Waals surface area contributed by atoms with Crippen molar-refractivity contribution in [1.82, 2.24) is 0 Å². The molecule has 0 bridgehead atoms. The van der Waals surface area contributed by atoms with E-state index in [2.05, 4.69) is 12.1 Å². The number of oxime groups is 1. The summed E-state index contributed by atoms with van der Waals surface area (Å²) in [7, 11) is 0. The monoisotopic (exact) mass is 401 g/mol. The van der Waals surface area contributed by atoms with E-state index in [0.29, 0.717) is 13.0 Å². The SMILES string of the molecule is C[C@]12CC[C@@H]3[C@H](CCC4=C[C@H](O)CC[C@@]43/C=N\O)[C@@]1(O)CC[C@H]2C1=CC(=O)OC1. The van der Waals surface area contributed by atoms with E-state index < -0.39 is 11.7 Å². The molecular weight excluding hydrogens is 370 g/mol. The molecule has 0 aromatic carbocycles. The number of allylic oxidation sites excluding steroid dienone is 1. The summed E-state index contributed by atoms with van der Waals surface area (Å²) in [5.74, 6) is 0.236. The van der Waals surface area contributed by atoms with Gasteiger partial charge >= 0.3 is 5.97 Å². The first-order chi connectivity index (χ1) is 13.8. The summed E-state index contributed by atoms with van der Waals surface area (Å²) in [6.07, 6.45) is 11.4. The summed E-state index contributed by atoms with van der Waals surface area (Å²) in [5.41, 5.74) is 0.772. The van der Waals surface area contributed by atoms with Crippen LogP contribution in [0.2, 0.25) is 0 Å². The molecule has 5 rings (SSSR count). The first-order valence-corrected chi connectivity index (χ1v) is 11.0. The Kier molecular flexibility index (Phi) is 4.27. The molecule has 4 aliphatic carbocycles. The van der Waals surface area contributed by atoms with Crippen LogP contribution in [0.3, 0.4) is 0 Å². The van der Waals surface area contributed by atoms with Gasteiger partial charge < -0.3 is 20.2 Å². The van der Waals surface area contributed by atoms with E-state index >= 15 is 0 Å². The Morgan fingerprint density at radius 1 is 1.17 bits per heavy atom. The van der Waals surface area contributed by atoms with E-state index in [9.17, 15) is 20.2 Å². The lowest BCUT2D eigenvalue weighted by Crippen LogP contribution is -2.61. The molecule has 3 fully saturated rings. The van der Waals surface area contributed by atoms with Crippen LogP contribution in [-0.4, -0.2) is 45.9 Å². The zero-order chi connectivity index (χ0) is 20.4. The number of esters is 1. The largest absolute Gasteiger partial charge is 0.458 e. The first-order valence-electron chi connectivity index (χ1n) is 11.0. The summed E-state index contributed by atoms with van der Waals surface area (Å²) >= 11 is 0. The smallest absolute Gasteiger partial charge is 0.331 e. The Morgan fingerprint density at radius 3 is 2.72 bits per heavy atom. The zero-order valence-electron chi connectivity index (χ0n) is 17.0. The first kappa shape index (κ1) is 19.3. The molecule has 3 saturated carbocycles. The minimum Gasteiger partial charge on any atom is -0.458 e. The lowest BCUT2D eigenvalue weighted by molar-refractivity contribution is -0.175. The number of rotatable bonds is 2. The van der Waals surface area contributed by atoms with Gasteiger partial charge in [-0.05, 0) is 74.7 Å². The third-order valence-electron chi connectivity index (χ3n) is 9.30. The van der Waals surface area contributed by atoms with Crippen molar-refractivity contribution in [2.75, 3.05) is 6.61 Å². The number of hydrogen-bond acceptors (Lipinski definition) is 6. The van der Waals surface area contributed by atoms with E-state index in [1.807, 2.05) is 6.08 Å². The quantitative estimate of drug-likeness (QED) is 0.217. The van der Waals surface area contributed by atoms with E-state index in [1.165, 1.54) is 5.57 Å². The van der Waals surface area contributed by atoms with Gasteiger partial charge in [-0.1, -0.05) is 18.6 Å². The van der Waals surface area contributed by atoms with E-state index in [1.54, 1.807) is 12.3 Å². The molecule has 1 aliphatic heterocycles. The average molecular weight is 402 g/mol. The van der Waals surface area contributed by atoms with Gasteiger partial charge in [-0.2, -0.15) is 0 Å². The summed E-state index contributed by atoms with van der Waals surface area (Å²) in [6.45, 7) is 2.56. The molecule has 0 aromatic rings. The number of ether oxygens (including phenoxy) is 1. The van der Waals surface area contributed by atoms with Gasteiger partial charge in [0.05, 0.1) is 17.9 Å². The highest BCUT2D eigenvalue weighted by atomic mass is 16.5. The lowest BCUT2D eigenvalue weighted by Gasteiger charge is -2.61. The van der Waals surface area contributed by atoms with Crippen LogP contribution in [0.5, 0.6) is 0 Å². The van der Waals surface area contributed by atoms with Crippen LogP contribution >= 0.6 is 0 Å². The third kappa shape index (κ3) is 2.48. The molecule has 5 aliphatic rings. The molecule has 158 valence electrons. The molecule has 6 nitrogen and oxygen atoms in total. The van der Waals surface area contributed by atoms with E-state index in [-0.39, 0.29) is 34.6 Å². The van der Waals surface area contributed by atoms with Crippen molar-refractivity contribution in [1.29, 1.82) is 0 Å². The van der Waals surface area contributed by atoms with Gasteiger partial charge in [0.1, 0.15) is 6.61 Å². The molecule has 0 saturated heterocycles. The van der Waals surface area contributed by atoms with Crippen LogP contribution in [0.4, 0.5) is 0 Å². The summed E-state index contributed by atoms with van der Waals surface area (Å²) in [4.78, 5) is 11.7. The highest BCUT2D eigenvalue weighted by molar-refractivity contribution is 5.85. The molecule has 0 spiro atoms. The van der Waals surface area contributed by atoms with Crippen LogP contribution in [0, 0.1) is 28.6 Å². The van der Waals surface area contributed by atoms with Gasteiger partial charge in [0, 0.05) is 16.9 Å². The van der Waals surface area contributed by atoms with Crippen LogP contribution in [0.15, 0.2) is 28.5 Å². The predicted molar refractivity (Wildman–Crippen MR) is 106 cm³/mol. The van der Waals surface area contributed by atoms with Crippen molar-refractivity contribution in [2.45, 2.75) is 70.0 Å². The number of carbonyl (C=O) groups is 1. The van der Waals surface area contributed by atoms with Gasteiger partial charge in [-0.3, -0.25) is 0 Å². The normalized spacial score (nSPS) is 49.1. The third-order valence-corrected chi connectivity index (χ3v) is 9.30. The molecule has 0 unspecified atom stereocenters. The summed E-state index contributed by atoms with van der Waals surface area (Å²) in [5, 5.41) is 35.3. The van der Waals surface area contributed by atoms with Crippen molar-refractivity contribution in [3.05, 3.63) is 23.3 Å². The molecule has 0 aromatic heterocycles. The molecule has 0 radical (unpaired) electrons. The minimum atomic E-state index is -0.801. The van der Waals surface area contributed by atoms with Crippen molar-refractivity contribution in [2.24, 2.45) is 33.7 Å². The molecule has 7 atom stereocenters. The minimum absolute atomic E-state index is 0.121. The number of aliphatic hydroxyl groups excluding tert-OH is 1. The topological polar surface area (TPSA) is 99.4 Å². The fourth-order valence-electron chi connectivity index (χ4n) is 7.92. The number of nitrogens with zero attached hydrogens (tertiary/aromatic N) is 1. The number of carbonyl (C=O) groups excluding carboxylic acids is 1. The van der Waals surface area contributed by atoms with Crippen molar-refractivity contribution in [3.8, 4) is 0 Å². The second-order valence-electron chi connectivity index (χ2n) is 10.1. The van der Waals surface area contributed by atoms with Crippen LogP contribution in [0.25, 0.3) is 0 Å². The maximum absolute atomic E-state index is 12.2. The Labute approximate surface area is 171 Å². The van der Waals surface area contributed by atoms with Crippen molar-refractivity contribution in [3.63, 3.8) is 0 Å². The van der Waals surface area contributed by atoms with Gasteiger partial charge in [0.15, 0.2) is 0 Å². The average Bonchev–Trinajstić information content (AvgIpc) is 3.23. The number of aliphatic hydroxyl groups is 2. The van der Waals surface area contributed by atoms with E-state index in [4.69, 9.17) is 4.74 Å². The highest BCUT2D eigenvalue weighted by Crippen LogP contribution is 2.69. The molecule has 1 heterocycles. The van der Waals surface area contributed by atoms with E-state index in [0.717, 1.165) is 50.5 Å². The maximum atomic E-state index is 12.2. The van der Waals surface area contributed by atoms with Gasteiger partial charge in [-0.15, -0.1) is 5.16 Å². The Bertz CT molecular complexity index is 818. The maximum Gasteiger partial charge on any atom is 0.331 e. The summed E-state index contributed by atoms with van der Waals surface area (Å²) in [6, 6.07) is 0. The van der Waals surface area contributed by atoms with Crippen LogP contribution in [-0.2, 0) is 9.53 Å². The molecule has 29 heavy (non-hydrogen) atoms. The molecule has 6 heteroatoms.